The zero-order valence-electron chi connectivity index (χ0n) is 24.7. The summed E-state index contributed by atoms with van der Waals surface area (Å²) in [6.07, 6.45) is 0.621. The fourth-order valence-corrected chi connectivity index (χ4v) is 5.78. The van der Waals surface area contributed by atoms with Crippen molar-refractivity contribution >= 4 is 27.7 Å². The van der Waals surface area contributed by atoms with Gasteiger partial charge in [0.25, 0.3) is 5.91 Å². The molecular formula is C35H34BrN5O4. The predicted molar refractivity (Wildman–Crippen MR) is 177 cm³/mol. The van der Waals surface area contributed by atoms with Crippen molar-refractivity contribution in [3.8, 4) is 5.75 Å². The average molecular weight is 669 g/mol. The molecule has 0 bridgehead atoms. The van der Waals surface area contributed by atoms with Crippen molar-refractivity contribution in [2.24, 2.45) is 10.1 Å². The summed E-state index contributed by atoms with van der Waals surface area (Å²) < 4.78 is 13.2. The Bertz CT molecular complexity index is 1680. The number of nitrogens with zero attached hydrogens (tertiary/aromatic N) is 4. The molecule has 0 saturated heterocycles. The number of rotatable bonds is 14. The Morgan fingerprint density at radius 2 is 1.71 bits per heavy atom. The van der Waals surface area contributed by atoms with Crippen molar-refractivity contribution in [1.82, 2.24) is 5.32 Å². The van der Waals surface area contributed by atoms with E-state index < -0.39 is 11.6 Å². The van der Waals surface area contributed by atoms with Crippen molar-refractivity contribution in [3.63, 3.8) is 0 Å². The van der Waals surface area contributed by atoms with Crippen molar-refractivity contribution in [2.75, 3.05) is 19.8 Å². The van der Waals surface area contributed by atoms with Gasteiger partial charge in [-0.3, -0.25) is 4.79 Å². The number of nitrogens with one attached hydrogen (secondary N) is 1. The van der Waals surface area contributed by atoms with Gasteiger partial charge in [0.1, 0.15) is 5.75 Å². The van der Waals surface area contributed by atoms with E-state index in [1.807, 2.05) is 103 Å². The molecule has 4 aromatic rings. The third-order valence-corrected chi connectivity index (χ3v) is 8.41. The summed E-state index contributed by atoms with van der Waals surface area (Å²) in [6, 6.07) is 32.6. The monoisotopic (exact) mass is 667 g/mol. The van der Waals surface area contributed by atoms with E-state index in [9.17, 15) is 4.79 Å². The SMILES string of the molecule is [N-]=[N+]=NCc1ccccc1[C@H]1OC(c2ccc(OCCCO)cc2)=N[C@@]1(Cc1ccccc1Br)C(=O)NCCc1ccccc1. The molecule has 2 N–H and O–H groups in total. The highest BCUT2D eigenvalue weighted by Gasteiger charge is 2.53. The number of aliphatic hydroxyl groups is 1. The Kier molecular flexibility index (Phi) is 10.9. The van der Waals surface area contributed by atoms with Crippen LogP contribution in [0.5, 0.6) is 5.75 Å². The quantitative estimate of drug-likeness (QED) is 0.0657. The normalized spacial score (nSPS) is 17.1. The first-order valence-corrected chi connectivity index (χ1v) is 15.6. The third kappa shape index (κ3) is 7.72. The van der Waals surface area contributed by atoms with E-state index in [-0.39, 0.29) is 25.5 Å². The van der Waals surface area contributed by atoms with Gasteiger partial charge in [0, 0.05) is 40.9 Å². The number of benzene rings is 4. The van der Waals surface area contributed by atoms with Gasteiger partial charge in [-0.2, -0.15) is 0 Å². The molecule has 0 aliphatic carbocycles. The van der Waals surface area contributed by atoms with Gasteiger partial charge in [-0.15, -0.1) is 0 Å². The molecule has 0 radical (unpaired) electrons. The van der Waals surface area contributed by atoms with Gasteiger partial charge >= 0.3 is 0 Å². The molecule has 2 atom stereocenters. The molecule has 0 saturated carbocycles. The van der Waals surface area contributed by atoms with Crippen LogP contribution in [-0.4, -0.2) is 42.2 Å². The van der Waals surface area contributed by atoms with Crippen molar-refractivity contribution in [2.45, 2.75) is 37.5 Å². The summed E-state index contributed by atoms with van der Waals surface area (Å²) in [5.74, 6) is 0.711. The lowest BCUT2D eigenvalue weighted by molar-refractivity contribution is -0.128. The second-order valence-electron chi connectivity index (χ2n) is 10.6. The van der Waals surface area contributed by atoms with Crippen LogP contribution in [0, 0.1) is 0 Å². The number of azide groups is 1. The van der Waals surface area contributed by atoms with Crippen LogP contribution in [0.1, 0.15) is 40.3 Å². The van der Waals surface area contributed by atoms with E-state index in [1.165, 1.54) is 0 Å². The van der Waals surface area contributed by atoms with Gasteiger partial charge in [0.15, 0.2) is 11.6 Å². The lowest BCUT2D eigenvalue weighted by Crippen LogP contribution is -2.50. The largest absolute Gasteiger partial charge is 0.494 e. The maximum absolute atomic E-state index is 14.5. The van der Waals surface area contributed by atoms with Crippen LogP contribution in [0.3, 0.4) is 0 Å². The number of ether oxygens (including phenoxy) is 2. The van der Waals surface area contributed by atoms with E-state index in [2.05, 4.69) is 31.3 Å². The average Bonchev–Trinajstić information content (AvgIpc) is 3.46. The lowest BCUT2D eigenvalue weighted by Gasteiger charge is -2.32. The Morgan fingerprint density at radius 1 is 1.00 bits per heavy atom. The molecule has 230 valence electrons. The molecule has 1 aliphatic rings. The second kappa shape index (κ2) is 15.4. The number of hydrogen-bond acceptors (Lipinski definition) is 6. The predicted octanol–water partition coefficient (Wildman–Crippen LogP) is 6.88. The van der Waals surface area contributed by atoms with E-state index >= 15 is 0 Å². The molecule has 0 fully saturated rings. The highest BCUT2D eigenvalue weighted by Crippen LogP contribution is 2.44. The number of carbonyl (C=O) groups excluding carboxylic acids is 1. The molecule has 9 nitrogen and oxygen atoms in total. The Morgan fingerprint density at radius 3 is 2.44 bits per heavy atom. The zero-order chi connectivity index (χ0) is 31.5. The fourth-order valence-electron chi connectivity index (χ4n) is 5.35. The first-order chi connectivity index (χ1) is 22.0. The number of aliphatic imine (C=N–C) groups is 1. The molecule has 0 aromatic heterocycles. The summed E-state index contributed by atoms with van der Waals surface area (Å²) in [6.45, 7) is 0.967. The van der Waals surface area contributed by atoms with Crippen LogP contribution in [-0.2, 0) is 28.9 Å². The smallest absolute Gasteiger partial charge is 0.252 e. The summed E-state index contributed by atoms with van der Waals surface area (Å²) in [7, 11) is 0. The van der Waals surface area contributed by atoms with Gasteiger partial charge < -0.3 is 19.9 Å². The Labute approximate surface area is 270 Å². The van der Waals surface area contributed by atoms with Crippen LogP contribution >= 0.6 is 15.9 Å². The lowest BCUT2D eigenvalue weighted by atomic mass is 9.80. The van der Waals surface area contributed by atoms with E-state index in [0.717, 1.165) is 26.7 Å². The Balaban J connectivity index is 1.57. The number of amides is 1. The van der Waals surface area contributed by atoms with Gasteiger partial charge in [0.2, 0.25) is 5.90 Å². The van der Waals surface area contributed by atoms with Crippen LogP contribution in [0.15, 0.2) is 118 Å². The molecule has 45 heavy (non-hydrogen) atoms. The molecule has 0 unspecified atom stereocenters. The zero-order valence-corrected chi connectivity index (χ0v) is 26.3. The minimum atomic E-state index is -1.39. The van der Waals surface area contributed by atoms with Crippen LogP contribution in [0.25, 0.3) is 10.4 Å². The molecule has 1 amide bonds. The second-order valence-corrected chi connectivity index (χ2v) is 11.5. The minimum absolute atomic E-state index is 0.0539. The highest BCUT2D eigenvalue weighted by molar-refractivity contribution is 9.10. The van der Waals surface area contributed by atoms with Crippen molar-refractivity contribution < 1.29 is 19.4 Å². The molecule has 0 spiro atoms. The van der Waals surface area contributed by atoms with Crippen molar-refractivity contribution in [3.05, 3.63) is 146 Å². The molecular weight excluding hydrogens is 634 g/mol. The summed E-state index contributed by atoms with van der Waals surface area (Å²) in [5, 5.41) is 16.1. The van der Waals surface area contributed by atoms with Gasteiger partial charge in [0.05, 0.1) is 13.2 Å². The van der Waals surface area contributed by atoms with E-state index in [4.69, 9.17) is 25.1 Å². The van der Waals surface area contributed by atoms with Gasteiger partial charge in [-0.05, 0) is 64.5 Å². The fraction of sp³-hybridized carbons (Fsp3) is 0.257. The molecule has 10 heteroatoms. The maximum atomic E-state index is 14.5. The van der Waals surface area contributed by atoms with E-state index in [1.54, 1.807) is 0 Å². The number of aliphatic hydroxyl groups excluding tert-OH is 1. The summed E-state index contributed by atoms with van der Waals surface area (Å²) in [4.78, 5) is 22.6. The van der Waals surface area contributed by atoms with Gasteiger partial charge in [-0.1, -0.05) is 93.8 Å². The standard InChI is InChI=1S/C35H34BrN5O4/c36-31-14-7-5-11-27(31)23-35(34(43)38-20-19-25-9-2-1-3-10-25)32(30-13-6-4-12-28(30)24-39-41-37)45-33(40-35)26-15-17-29(18-16-26)44-22-8-21-42/h1-7,9-18,32,42H,8,19-24H2,(H,38,43)/t32-,35-/m1/s1. The van der Waals surface area contributed by atoms with Crippen molar-refractivity contribution in [1.29, 1.82) is 0 Å². The molecule has 1 aliphatic heterocycles. The summed E-state index contributed by atoms with van der Waals surface area (Å²) >= 11 is 3.67. The third-order valence-electron chi connectivity index (χ3n) is 7.63. The first-order valence-electron chi connectivity index (χ1n) is 14.8. The maximum Gasteiger partial charge on any atom is 0.252 e. The highest BCUT2D eigenvalue weighted by atomic mass is 79.9. The number of hydrogen-bond donors (Lipinski definition) is 2. The summed E-state index contributed by atoms with van der Waals surface area (Å²) in [5.41, 5.74) is 11.9. The molecule has 5 rings (SSSR count). The first kappa shape index (κ1) is 31.8. The number of carbonyl (C=O) groups is 1. The topological polar surface area (TPSA) is 129 Å². The van der Waals surface area contributed by atoms with Crippen LogP contribution in [0.4, 0.5) is 0 Å². The number of halogens is 1. The molecule has 1 heterocycles. The van der Waals surface area contributed by atoms with E-state index in [0.29, 0.717) is 43.2 Å². The van der Waals surface area contributed by atoms with Gasteiger partial charge in [-0.25, -0.2) is 4.99 Å². The minimum Gasteiger partial charge on any atom is -0.494 e. The van der Waals surface area contributed by atoms with Crippen LogP contribution in [0.2, 0.25) is 0 Å². The molecule has 4 aromatic carbocycles. The van der Waals surface area contributed by atoms with Crippen LogP contribution < -0.4 is 10.1 Å². The Hall–Kier alpha value is -4.63.